The fourth-order valence-electron chi connectivity index (χ4n) is 5.06. The Hall–Kier alpha value is -2.86. The summed E-state index contributed by atoms with van der Waals surface area (Å²) in [6, 6.07) is 15.3. The van der Waals surface area contributed by atoms with Gasteiger partial charge < -0.3 is 15.0 Å². The Morgan fingerprint density at radius 1 is 0.941 bits per heavy atom. The van der Waals surface area contributed by atoms with E-state index in [1.807, 2.05) is 19.1 Å². The van der Waals surface area contributed by atoms with E-state index in [0.717, 1.165) is 18.5 Å². The number of para-hydroxylation sites is 1. The second-order valence-electron chi connectivity index (χ2n) is 9.31. The molecule has 2 aromatic rings. The number of likely N-dealkylation sites (tertiary alicyclic amines) is 2. The molecule has 34 heavy (non-hydrogen) atoms. The largest absolute Gasteiger partial charge is 0.493 e. The second kappa shape index (κ2) is 12.0. The molecule has 2 fully saturated rings. The van der Waals surface area contributed by atoms with Crippen LogP contribution in [-0.4, -0.2) is 53.9 Å². The van der Waals surface area contributed by atoms with Gasteiger partial charge in [0.15, 0.2) is 0 Å². The summed E-state index contributed by atoms with van der Waals surface area (Å²) in [5.74, 6) is 0.348. The molecule has 6 heteroatoms. The highest BCUT2D eigenvalue weighted by atomic mass is 16.5. The van der Waals surface area contributed by atoms with Crippen molar-refractivity contribution >= 4 is 11.8 Å². The third kappa shape index (κ3) is 6.17. The quantitative estimate of drug-likeness (QED) is 0.631. The van der Waals surface area contributed by atoms with E-state index in [2.05, 4.69) is 34.5 Å². The molecule has 2 aromatic carbocycles. The summed E-state index contributed by atoms with van der Waals surface area (Å²) in [6.45, 7) is 6.74. The summed E-state index contributed by atoms with van der Waals surface area (Å²) in [4.78, 5) is 30.6. The number of benzene rings is 2. The molecule has 0 bridgehead atoms. The normalized spacial score (nSPS) is 19.0. The molecule has 182 valence electrons. The van der Waals surface area contributed by atoms with E-state index in [9.17, 15) is 9.59 Å². The second-order valence-corrected chi connectivity index (χ2v) is 9.31. The Labute approximate surface area is 203 Å². The van der Waals surface area contributed by atoms with Crippen molar-refractivity contribution in [1.29, 1.82) is 0 Å². The van der Waals surface area contributed by atoms with Crippen LogP contribution in [-0.2, 0) is 17.9 Å². The zero-order valence-electron chi connectivity index (χ0n) is 20.3. The fourth-order valence-corrected chi connectivity index (χ4v) is 5.06. The minimum absolute atomic E-state index is 0.0855. The minimum Gasteiger partial charge on any atom is -0.493 e. The number of nitrogens with one attached hydrogen (secondary N) is 1. The predicted octanol–water partition coefficient (Wildman–Crippen LogP) is 4.38. The van der Waals surface area contributed by atoms with Gasteiger partial charge in [-0.1, -0.05) is 49.2 Å². The van der Waals surface area contributed by atoms with Crippen molar-refractivity contribution in [3.8, 4) is 5.75 Å². The minimum atomic E-state index is -0.442. The maximum atomic E-state index is 13.3. The maximum Gasteiger partial charge on any atom is 0.258 e. The average molecular weight is 464 g/mol. The highest BCUT2D eigenvalue weighted by Crippen LogP contribution is 2.25. The standard InChI is InChI=1S/C28H37N3O3/c1-2-34-26-15-6-5-13-24(26)28(33)31-18-10-14-25(31)27(32)29-20-22-11-9-12-23(19-22)21-30-16-7-3-4-8-17-30/h5-6,9,11-13,15,19,25H,2-4,7-8,10,14,16-18,20-21H2,1H3,(H,29,32). The number of hydrogen-bond donors (Lipinski definition) is 1. The van der Waals surface area contributed by atoms with Crippen molar-refractivity contribution in [2.24, 2.45) is 0 Å². The van der Waals surface area contributed by atoms with Crippen molar-refractivity contribution in [2.75, 3.05) is 26.2 Å². The molecule has 6 nitrogen and oxygen atoms in total. The van der Waals surface area contributed by atoms with E-state index in [4.69, 9.17) is 4.74 Å². The van der Waals surface area contributed by atoms with Crippen LogP contribution in [0, 0.1) is 0 Å². The lowest BCUT2D eigenvalue weighted by Crippen LogP contribution is -2.45. The predicted molar refractivity (Wildman–Crippen MR) is 134 cm³/mol. The number of carbonyl (C=O) groups excluding carboxylic acids is 2. The molecule has 2 aliphatic heterocycles. The molecule has 0 spiro atoms. The van der Waals surface area contributed by atoms with Gasteiger partial charge in [0.1, 0.15) is 11.8 Å². The van der Waals surface area contributed by atoms with Crippen LogP contribution in [0.1, 0.15) is 66.9 Å². The van der Waals surface area contributed by atoms with Crippen LogP contribution in [0.3, 0.4) is 0 Å². The number of rotatable bonds is 8. The van der Waals surface area contributed by atoms with Gasteiger partial charge in [-0.3, -0.25) is 14.5 Å². The van der Waals surface area contributed by atoms with Gasteiger partial charge in [0.05, 0.1) is 12.2 Å². The molecule has 1 atom stereocenters. The first-order chi connectivity index (χ1) is 16.7. The Bertz CT molecular complexity index is 969. The van der Waals surface area contributed by atoms with Crippen LogP contribution in [0.5, 0.6) is 5.75 Å². The van der Waals surface area contributed by atoms with Gasteiger partial charge in [0.25, 0.3) is 5.91 Å². The zero-order chi connectivity index (χ0) is 23.8. The van der Waals surface area contributed by atoms with Crippen LogP contribution in [0.15, 0.2) is 48.5 Å². The first kappa shape index (κ1) is 24.3. The number of amides is 2. The highest BCUT2D eigenvalue weighted by Gasteiger charge is 2.35. The van der Waals surface area contributed by atoms with Crippen molar-refractivity contribution in [1.82, 2.24) is 15.1 Å². The molecule has 2 amide bonds. The van der Waals surface area contributed by atoms with Crippen molar-refractivity contribution < 1.29 is 14.3 Å². The third-order valence-electron chi connectivity index (χ3n) is 6.80. The first-order valence-corrected chi connectivity index (χ1v) is 12.8. The van der Waals surface area contributed by atoms with Crippen LogP contribution >= 0.6 is 0 Å². The van der Waals surface area contributed by atoms with Gasteiger partial charge in [0, 0.05) is 19.6 Å². The summed E-state index contributed by atoms with van der Waals surface area (Å²) in [5.41, 5.74) is 2.90. The maximum absolute atomic E-state index is 13.3. The third-order valence-corrected chi connectivity index (χ3v) is 6.80. The molecule has 2 saturated heterocycles. The molecule has 0 radical (unpaired) electrons. The van der Waals surface area contributed by atoms with E-state index in [1.54, 1.807) is 17.0 Å². The van der Waals surface area contributed by atoms with E-state index >= 15 is 0 Å². The van der Waals surface area contributed by atoms with Crippen LogP contribution in [0.25, 0.3) is 0 Å². The van der Waals surface area contributed by atoms with Crippen molar-refractivity contribution in [3.63, 3.8) is 0 Å². The number of carbonyl (C=O) groups is 2. The topological polar surface area (TPSA) is 61.9 Å². The van der Waals surface area contributed by atoms with Crippen molar-refractivity contribution in [3.05, 3.63) is 65.2 Å². The smallest absolute Gasteiger partial charge is 0.258 e. The van der Waals surface area contributed by atoms with Gasteiger partial charge in [-0.25, -0.2) is 0 Å². The highest BCUT2D eigenvalue weighted by molar-refractivity contribution is 6.00. The van der Waals surface area contributed by atoms with Crippen LogP contribution in [0.2, 0.25) is 0 Å². The summed E-state index contributed by atoms with van der Waals surface area (Å²) >= 11 is 0. The Kier molecular flexibility index (Phi) is 8.58. The molecule has 2 heterocycles. The molecular formula is C28H37N3O3. The molecule has 0 aliphatic carbocycles. The van der Waals surface area contributed by atoms with Crippen LogP contribution in [0.4, 0.5) is 0 Å². The Morgan fingerprint density at radius 2 is 1.71 bits per heavy atom. The Morgan fingerprint density at radius 3 is 2.50 bits per heavy atom. The molecule has 2 aliphatic rings. The summed E-state index contributed by atoms with van der Waals surface area (Å²) < 4.78 is 5.64. The molecule has 0 aromatic heterocycles. The lowest BCUT2D eigenvalue weighted by molar-refractivity contribution is -0.125. The van der Waals surface area contributed by atoms with Gasteiger partial charge in [-0.05, 0) is 69.0 Å². The molecule has 1 N–H and O–H groups in total. The lowest BCUT2D eigenvalue weighted by Gasteiger charge is -2.25. The zero-order valence-corrected chi connectivity index (χ0v) is 20.3. The van der Waals surface area contributed by atoms with Crippen molar-refractivity contribution in [2.45, 2.75) is 64.6 Å². The monoisotopic (exact) mass is 463 g/mol. The summed E-state index contributed by atoms with van der Waals surface area (Å²) in [6.07, 6.45) is 6.74. The molecule has 4 rings (SSSR count). The number of ether oxygens (including phenoxy) is 1. The van der Waals surface area contributed by atoms with Gasteiger partial charge in [-0.2, -0.15) is 0 Å². The average Bonchev–Trinajstić information content (AvgIpc) is 3.21. The number of nitrogens with zero attached hydrogens (tertiary/aromatic N) is 2. The van der Waals surface area contributed by atoms with E-state index in [1.165, 1.54) is 44.3 Å². The number of hydrogen-bond acceptors (Lipinski definition) is 4. The van der Waals surface area contributed by atoms with Gasteiger partial charge >= 0.3 is 0 Å². The Balaban J connectivity index is 1.36. The SMILES string of the molecule is CCOc1ccccc1C(=O)N1CCCC1C(=O)NCc1cccc(CN2CCCCCC2)c1. The molecular weight excluding hydrogens is 426 g/mol. The summed E-state index contributed by atoms with van der Waals surface area (Å²) in [5, 5.41) is 3.08. The van der Waals surface area contributed by atoms with E-state index in [0.29, 0.717) is 37.4 Å². The molecule has 0 saturated carbocycles. The lowest BCUT2D eigenvalue weighted by atomic mass is 10.1. The summed E-state index contributed by atoms with van der Waals surface area (Å²) in [7, 11) is 0. The van der Waals surface area contributed by atoms with Crippen LogP contribution < -0.4 is 10.1 Å². The fraction of sp³-hybridized carbons (Fsp3) is 0.500. The van der Waals surface area contributed by atoms with E-state index < -0.39 is 6.04 Å². The van der Waals surface area contributed by atoms with E-state index in [-0.39, 0.29) is 11.8 Å². The van der Waals surface area contributed by atoms with Gasteiger partial charge in [-0.15, -0.1) is 0 Å². The molecule has 1 unspecified atom stereocenters. The van der Waals surface area contributed by atoms with Gasteiger partial charge in [0.2, 0.25) is 5.91 Å². The first-order valence-electron chi connectivity index (χ1n) is 12.8.